The first-order chi connectivity index (χ1) is 8.70. The summed E-state index contributed by atoms with van der Waals surface area (Å²) in [6.45, 7) is 1.91. The highest BCUT2D eigenvalue weighted by Crippen LogP contribution is 2.19. The van der Waals surface area contributed by atoms with Crippen molar-refractivity contribution < 1.29 is 9.53 Å². The monoisotopic (exact) mass is 241 g/mol. The number of ether oxygens (including phenoxy) is 1. The van der Waals surface area contributed by atoms with Gasteiger partial charge in [-0.05, 0) is 42.8 Å². The highest BCUT2D eigenvalue weighted by molar-refractivity contribution is 6.04. The van der Waals surface area contributed by atoms with Gasteiger partial charge in [0, 0.05) is 11.3 Å². The quantitative estimate of drug-likeness (QED) is 0.895. The van der Waals surface area contributed by atoms with Crippen molar-refractivity contribution in [3.05, 3.63) is 59.7 Å². The Labute approximate surface area is 106 Å². The fourth-order valence-electron chi connectivity index (χ4n) is 1.74. The molecule has 0 heterocycles. The molecular weight excluding hydrogens is 226 g/mol. The Morgan fingerprint density at radius 2 is 1.83 bits per heavy atom. The zero-order chi connectivity index (χ0) is 13.0. The first-order valence-electron chi connectivity index (χ1n) is 5.72. The third-order valence-corrected chi connectivity index (χ3v) is 2.69. The van der Waals surface area contributed by atoms with Gasteiger partial charge in [-0.3, -0.25) is 4.79 Å². The van der Waals surface area contributed by atoms with Crippen LogP contribution in [0.3, 0.4) is 0 Å². The van der Waals surface area contributed by atoms with E-state index in [9.17, 15) is 4.79 Å². The summed E-state index contributed by atoms with van der Waals surface area (Å²) in [6.07, 6.45) is 0. The molecule has 0 radical (unpaired) electrons. The Bertz CT molecular complexity index is 550. The van der Waals surface area contributed by atoms with Crippen LogP contribution in [0.15, 0.2) is 48.5 Å². The van der Waals surface area contributed by atoms with Crippen LogP contribution in [0.25, 0.3) is 0 Å². The van der Waals surface area contributed by atoms with E-state index in [0.29, 0.717) is 5.56 Å². The third-order valence-electron chi connectivity index (χ3n) is 2.69. The summed E-state index contributed by atoms with van der Waals surface area (Å²) in [6, 6.07) is 14.8. The number of hydrogen-bond donors (Lipinski definition) is 1. The van der Waals surface area contributed by atoms with Crippen LogP contribution in [-0.2, 0) is 0 Å². The molecule has 0 aliphatic rings. The minimum atomic E-state index is -0.119. The van der Waals surface area contributed by atoms with Gasteiger partial charge in [0.1, 0.15) is 5.75 Å². The first-order valence-corrected chi connectivity index (χ1v) is 5.72. The summed E-state index contributed by atoms with van der Waals surface area (Å²) in [5, 5.41) is 2.84. The van der Waals surface area contributed by atoms with Crippen molar-refractivity contribution in [3.63, 3.8) is 0 Å². The predicted octanol–water partition coefficient (Wildman–Crippen LogP) is 3.26. The molecule has 18 heavy (non-hydrogen) atoms. The van der Waals surface area contributed by atoms with Crippen LogP contribution in [0.1, 0.15) is 15.9 Å². The average Bonchev–Trinajstić information content (AvgIpc) is 2.39. The molecule has 0 unspecified atom stereocenters. The number of para-hydroxylation sites is 1. The summed E-state index contributed by atoms with van der Waals surface area (Å²) in [4.78, 5) is 12.0. The summed E-state index contributed by atoms with van der Waals surface area (Å²) >= 11 is 0. The van der Waals surface area contributed by atoms with Crippen molar-refractivity contribution in [3.8, 4) is 5.75 Å². The second-order valence-corrected chi connectivity index (χ2v) is 4.00. The van der Waals surface area contributed by atoms with Crippen LogP contribution in [0.4, 0.5) is 5.69 Å². The lowest BCUT2D eigenvalue weighted by atomic mass is 10.1. The zero-order valence-corrected chi connectivity index (χ0v) is 10.4. The second kappa shape index (κ2) is 5.36. The molecule has 0 aromatic heterocycles. The Balaban J connectivity index is 2.17. The number of rotatable bonds is 3. The summed E-state index contributed by atoms with van der Waals surface area (Å²) < 4.78 is 5.17. The largest absolute Gasteiger partial charge is 0.496 e. The van der Waals surface area contributed by atoms with Crippen LogP contribution in [-0.4, -0.2) is 13.0 Å². The molecule has 0 spiro atoms. The van der Waals surface area contributed by atoms with Crippen LogP contribution in [0.5, 0.6) is 5.75 Å². The minimum Gasteiger partial charge on any atom is -0.496 e. The lowest BCUT2D eigenvalue weighted by molar-refractivity contribution is 0.102. The van der Waals surface area contributed by atoms with Gasteiger partial charge >= 0.3 is 0 Å². The molecule has 2 aromatic carbocycles. The van der Waals surface area contributed by atoms with Gasteiger partial charge in [-0.1, -0.05) is 18.2 Å². The maximum atomic E-state index is 12.0. The standard InChI is InChI=1S/C15H15NO2/c1-11-10-12(8-9-14(11)18-2)15(17)16-13-6-4-3-5-7-13/h3-10H,1-2H3,(H,16,17). The van der Waals surface area contributed by atoms with Gasteiger partial charge in [0.25, 0.3) is 5.91 Å². The van der Waals surface area contributed by atoms with Gasteiger partial charge in [0.2, 0.25) is 0 Å². The van der Waals surface area contributed by atoms with Crippen molar-refractivity contribution in [1.29, 1.82) is 0 Å². The van der Waals surface area contributed by atoms with Crippen LogP contribution in [0, 0.1) is 6.92 Å². The number of carbonyl (C=O) groups is 1. The Kier molecular flexibility index (Phi) is 3.63. The molecular formula is C15H15NO2. The highest BCUT2D eigenvalue weighted by Gasteiger charge is 2.08. The Morgan fingerprint density at radius 1 is 1.11 bits per heavy atom. The SMILES string of the molecule is COc1ccc(C(=O)Nc2ccccc2)cc1C. The van der Waals surface area contributed by atoms with E-state index in [0.717, 1.165) is 17.0 Å². The van der Waals surface area contributed by atoms with Gasteiger partial charge in [-0.2, -0.15) is 0 Å². The molecule has 0 bridgehead atoms. The molecule has 0 fully saturated rings. The smallest absolute Gasteiger partial charge is 0.255 e. The van der Waals surface area contributed by atoms with Gasteiger partial charge < -0.3 is 10.1 Å². The Morgan fingerprint density at radius 3 is 2.44 bits per heavy atom. The van der Waals surface area contributed by atoms with E-state index >= 15 is 0 Å². The van der Waals surface area contributed by atoms with Crippen LogP contribution < -0.4 is 10.1 Å². The lowest BCUT2D eigenvalue weighted by Gasteiger charge is -2.08. The van der Waals surface area contributed by atoms with Crippen LogP contribution in [0.2, 0.25) is 0 Å². The maximum Gasteiger partial charge on any atom is 0.255 e. The Hall–Kier alpha value is -2.29. The third kappa shape index (κ3) is 2.69. The lowest BCUT2D eigenvalue weighted by Crippen LogP contribution is -2.11. The molecule has 0 saturated carbocycles. The molecule has 0 aliphatic heterocycles. The summed E-state index contributed by atoms with van der Waals surface area (Å²) in [5.74, 6) is 0.665. The molecule has 2 rings (SSSR count). The van der Waals surface area contributed by atoms with Gasteiger partial charge in [0.15, 0.2) is 0 Å². The van der Waals surface area contributed by atoms with Crippen molar-refractivity contribution in [2.24, 2.45) is 0 Å². The molecule has 0 aliphatic carbocycles. The van der Waals surface area contributed by atoms with Gasteiger partial charge in [-0.25, -0.2) is 0 Å². The number of nitrogens with one attached hydrogen (secondary N) is 1. The normalized spacial score (nSPS) is 9.89. The van der Waals surface area contributed by atoms with E-state index in [4.69, 9.17) is 4.74 Å². The first kappa shape index (κ1) is 12.2. The number of hydrogen-bond acceptors (Lipinski definition) is 2. The van der Waals surface area contributed by atoms with E-state index < -0.39 is 0 Å². The molecule has 0 saturated heterocycles. The number of anilines is 1. The van der Waals surface area contributed by atoms with Crippen molar-refractivity contribution in [2.45, 2.75) is 6.92 Å². The van der Waals surface area contributed by atoms with Gasteiger partial charge in [0.05, 0.1) is 7.11 Å². The second-order valence-electron chi connectivity index (χ2n) is 4.00. The molecule has 2 aromatic rings. The highest BCUT2D eigenvalue weighted by atomic mass is 16.5. The molecule has 3 nitrogen and oxygen atoms in total. The number of aryl methyl sites for hydroxylation is 1. The van der Waals surface area contributed by atoms with Crippen molar-refractivity contribution >= 4 is 11.6 Å². The van der Waals surface area contributed by atoms with Gasteiger partial charge in [-0.15, -0.1) is 0 Å². The number of amides is 1. The van der Waals surface area contributed by atoms with E-state index in [2.05, 4.69) is 5.32 Å². The molecule has 1 amide bonds. The predicted molar refractivity (Wildman–Crippen MR) is 72.1 cm³/mol. The van der Waals surface area contributed by atoms with E-state index in [1.807, 2.05) is 43.3 Å². The maximum absolute atomic E-state index is 12.0. The minimum absolute atomic E-state index is 0.119. The summed E-state index contributed by atoms with van der Waals surface area (Å²) in [5.41, 5.74) is 2.35. The molecule has 3 heteroatoms. The number of benzene rings is 2. The van der Waals surface area contributed by atoms with E-state index in [-0.39, 0.29) is 5.91 Å². The van der Waals surface area contributed by atoms with E-state index in [1.54, 1.807) is 19.2 Å². The fraction of sp³-hybridized carbons (Fsp3) is 0.133. The van der Waals surface area contributed by atoms with Crippen LogP contribution >= 0.6 is 0 Å². The average molecular weight is 241 g/mol. The topological polar surface area (TPSA) is 38.3 Å². The molecule has 92 valence electrons. The fourth-order valence-corrected chi connectivity index (χ4v) is 1.74. The number of methoxy groups -OCH3 is 1. The van der Waals surface area contributed by atoms with Crippen molar-refractivity contribution in [1.82, 2.24) is 0 Å². The molecule has 1 N–H and O–H groups in total. The number of carbonyl (C=O) groups excluding carboxylic acids is 1. The molecule has 0 atom stereocenters. The van der Waals surface area contributed by atoms with E-state index in [1.165, 1.54) is 0 Å². The summed E-state index contributed by atoms with van der Waals surface area (Å²) in [7, 11) is 1.62. The zero-order valence-electron chi connectivity index (χ0n) is 10.4. The van der Waals surface area contributed by atoms with Crippen molar-refractivity contribution in [2.75, 3.05) is 12.4 Å².